The van der Waals surface area contributed by atoms with Crippen molar-refractivity contribution in [2.75, 3.05) is 11.4 Å². The number of carbonyl (C=O) groups is 1. The number of anilines is 1. The van der Waals surface area contributed by atoms with Crippen molar-refractivity contribution in [1.29, 1.82) is 0 Å². The molecule has 0 aliphatic heterocycles. The number of hydrogen-bond donors (Lipinski definition) is 1. The SMILES string of the molecule is Cc1ccc([C@@H](NC(=O)c2ccc(N(C)S(=O)(=O)c3ccc(C)cc3)cc2)c2ccccc2)cc1. The lowest BCUT2D eigenvalue weighted by molar-refractivity contribution is 0.0943. The van der Waals surface area contributed by atoms with Gasteiger partial charge in [0.05, 0.1) is 16.6 Å². The maximum Gasteiger partial charge on any atom is 0.264 e. The number of aryl methyl sites for hydroxylation is 2. The monoisotopic (exact) mass is 484 g/mol. The molecule has 178 valence electrons. The molecule has 0 unspecified atom stereocenters. The maximum atomic E-state index is 13.2. The van der Waals surface area contributed by atoms with Crippen LogP contribution in [0.5, 0.6) is 0 Å². The second-order valence-electron chi connectivity index (χ2n) is 8.56. The van der Waals surface area contributed by atoms with Gasteiger partial charge in [-0.1, -0.05) is 77.9 Å². The number of nitrogens with zero attached hydrogens (tertiary/aromatic N) is 1. The first kappa shape index (κ1) is 24.2. The molecule has 0 spiro atoms. The van der Waals surface area contributed by atoms with Crippen LogP contribution < -0.4 is 9.62 Å². The van der Waals surface area contributed by atoms with E-state index in [0.29, 0.717) is 11.3 Å². The first-order chi connectivity index (χ1) is 16.8. The molecule has 1 atom stereocenters. The van der Waals surface area contributed by atoms with E-state index in [1.807, 2.05) is 68.4 Å². The summed E-state index contributed by atoms with van der Waals surface area (Å²) in [5, 5.41) is 3.12. The van der Waals surface area contributed by atoms with Crippen molar-refractivity contribution in [1.82, 2.24) is 5.32 Å². The molecule has 35 heavy (non-hydrogen) atoms. The summed E-state index contributed by atoms with van der Waals surface area (Å²) in [5.74, 6) is -0.241. The summed E-state index contributed by atoms with van der Waals surface area (Å²) in [6.45, 7) is 3.93. The maximum absolute atomic E-state index is 13.2. The van der Waals surface area contributed by atoms with Crippen LogP contribution in [-0.2, 0) is 10.0 Å². The fourth-order valence-corrected chi connectivity index (χ4v) is 5.00. The number of carbonyl (C=O) groups excluding carboxylic acids is 1. The van der Waals surface area contributed by atoms with Gasteiger partial charge in [-0.2, -0.15) is 0 Å². The van der Waals surface area contributed by atoms with E-state index < -0.39 is 10.0 Å². The highest BCUT2D eigenvalue weighted by Crippen LogP contribution is 2.25. The lowest BCUT2D eigenvalue weighted by atomic mass is 9.97. The van der Waals surface area contributed by atoms with Gasteiger partial charge in [0.2, 0.25) is 0 Å². The molecule has 4 aromatic carbocycles. The number of sulfonamides is 1. The zero-order chi connectivity index (χ0) is 25.0. The van der Waals surface area contributed by atoms with Crippen molar-refractivity contribution >= 4 is 21.6 Å². The number of rotatable bonds is 7. The Bertz CT molecular complexity index is 1400. The summed E-state index contributed by atoms with van der Waals surface area (Å²) in [6, 6.07) is 30.9. The average Bonchev–Trinajstić information content (AvgIpc) is 2.88. The molecule has 0 bridgehead atoms. The van der Waals surface area contributed by atoms with Gasteiger partial charge in [0.1, 0.15) is 0 Å². The van der Waals surface area contributed by atoms with Gasteiger partial charge in [0.25, 0.3) is 15.9 Å². The van der Waals surface area contributed by atoms with Crippen molar-refractivity contribution in [3.8, 4) is 0 Å². The Morgan fingerprint density at radius 1 is 0.714 bits per heavy atom. The van der Waals surface area contributed by atoms with Crippen molar-refractivity contribution in [2.45, 2.75) is 24.8 Å². The molecule has 0 radical (unpaired) electrons. The number of hydrogen-bond acceptors (Lipinski definition) is 3. The second kappa shape index (κ2) is 10.2. The average molecular weight is 485 g/mol. The third-order valence-electron chi connectivity index (χ3n) is 5.99. The van der Waals surface area contributed by atoms with E-state index in [1.165, 1.54) is 11.4 Å². The van der Waals surface area contributed by atoms with E-state index in [4.69, 9.17) is 0 Å². The summed E-state index contributed by atoms with van der Waals surface area (Å²) >= 11 is 0. The molecule has 0 heterocycles. The van der Waals surface area contributed by atoms with Crippen LogP contribution in [0.25, 0.3) is 0 Å². The Hall–Kier alpha value is -3.90. The molecule has 1 amide bonds. The summed E-state index contributed by atoms with van der Waals surface area (Å²) in [5.41, 5.74) is 5.01. The number of benzene rings is 4. The van der Waals surface area contributed by atoms with Crippen LogP contribution in [0, 0.1) is 13.8 Å². The van der Waals surface area contributed by atoms with Gasteiger partial charge >= 0.3 is 0 Å². The van der Waals surface area contributed by atoms with Gasteiger partial charge < -0.3 is 5.32 Å². The van der Waals surface area contributed by atoms with Crippen LogP contribution in [0.3, 0.4) is 0 Å². The molecule has 0 saturated carbocycles. The predicted molar refractivity (Wildman–Crippen MR) is 140 cm³/mol. The summed E-state index contributed by atoms with van der Waals surface area (Å²) in [7, 11) is -2.20. The Morgan fingerprint density at radius 2 is 1.23 bits per heavy atom. The van der Waals surface area contributed by atoms with E-state index in [1.54, 1.807) is 48.5 Å². The molecule has 0 fully saturated rings. The summed E-state index contributed by atoms with van der Waals surface area (Å²) in [6.07, 6.45) is 0. The lowest BCUT2D eigenvalue weighted by Gasteiger charge is -2.21. The highest BCUT2D eigenvalue weighted by atomic mass is 32.2. The third-order valence-corrected chi connectivity index (χ3v) is 7.79. The highest BCUT2D eigenvalue weighted by molar-refractivity contribution is 7.92. The van der Waals surface area contributed by atoms with Crippen molar-refractivity contribution < 1.29 is 13.2 Å². The molecular formula is C29H28N2O3S. The molecule has 0 aliphatic carbocycles. The van der Waals surface area contributed by atoms with E-state index in [0.717, 1.165) is 22.3 Å². The first-order valence-corrected chi connectivity index (χ1v) is 12.8. The second-order valence-corrected chi connectivity index (χ2v) is 10.5. The van der Waals surface area contributed by atoms with E-state index in [2.05, 4.69) is 5.32 Å². The Balaban J connectivity index is 1.55. The van der Waals surface area contributed by atoms with Crippen molar-refractivity contribution in [2.24, 2.45) is 0 Å². The molecule has 6 heteroatoms. The molecular weight excluding hydrogens is 456 g/mol. The lowest BCUT2D eigenvalue weighted by Crippen LogP contribution is -2.29. The van der Waals surface area contributed by atoms with Crippen LogP contribution in [-0.4, -0.2) is 21.4 Å². The van der Waals surface area contributed by atoms with E-state index >= 15 is 0 Å². The Kier molecular flexibility index (Phi) is 7.03. The van der Waals surface area contributed by atoms with Gasteiger partial charge in [-0.05, 0) is 61.4 Å². The fraction of sp³-hybridized carbons (Fsp3) is 0.138. The van der Waals surface area contributed by atoms with Crippen LogP contribution in [0.4, 0.5) is 5.69 Å². The van der Waals surface area contributed by atoms with Crippen LogP contribution >= 0.6 is 0 Å². The molecule has 4 aromatic rings. The van der Waals surface area contributed by atoms with Gasteiger partial charge in [-0.15, -0.1) is 0 Å². The molecule has 4 rings (SSSR count). The quantitative estimate of drug-likeness (QED) is 0.369. The van der Waals surface area contributed by atoms with Crippen LogP contribution in [0.2, 0.25) is 0 Å². The molecule has 1 N–H and O–H groups in total. The van der Waals surface area contributed by atoms with Crippen molar-refractivity contribution in [3.05, 3.63) is 131 Å². The van der Waals surface area contributed by atoms with Crippen molar-refractivity contribution in [3.63, 3.8) is 0 Å². The zero-order valence-electron chi connectivity index (χ0n) is 20.0. The minimum Gasteiger partial charge on any atom is -0.341 e. The Labute approximate surface area is 207 Å². The molecule has 5 nitrogen and oxygen atoms in total. The van der Waals surface area contributed by atoms with E-state index in [-0.39, 0.29) is 16.8 Å². The first-order valence-electron chi connectivity index (χ1n) is 11.3. The predicted octanol–water partition coefficient (Wildman–Crippen LogP) is 5.65. The van der Waals surface area contributed by atoms with Crippen LogP contribution in [0.15, 0.2) is 108 Å². The molecule has 0 saturated heterocycles. The Morgan fingerprint density at radius 3 is 1.80 bits per heavy atom. The summed E-state index contributed by atoms with van der Waals surface area (Å²) in [4.78, 5) is 13.4. The summed E-state index contributed by atoms with van der Waals surface area (Å²) < 4.78 is 27.2. The standard InChI is InChI=1S/C29H28N2O3S/c1-21-9-13-24(14-10-21)28(23-7-5-4-6-8-23)30-29(32)25-15-17-26(18-16-25)31(3)35(33,34)27-19-11-22(2)12-20-27/h4-20,28H,1-3H3,(H,30,32)/t28-/m0/s1. The number of amides is 1. The third kappa shape index (κ3) is 5.44. The van der Waals surface area contributed by atoms with E-state index in [9.17, 15) is 13.2 Å². The van der Waals surface area contributed by atoms with Gasteiger partial charge in [0, 0.05) is 12.6 Å². The van der Waals surface area contributed by atoms with Crippen LogP contribution in [0.1, 0.15) is 38.7 Å². The van der Waals surface area contributed by atoms with Gasteiger partial charge in [-0.25, -0.2) is 8.42 Å². The minimum absolute atomic E-state index is 0.219. The van der Waals surface area contributed by atoms with Gasteiger partial charge in [-0.3, -0.25) is 9.10 Å². The molecule has 0 aromatic heterocycles. The minimum atomic E-state index is -3.70. The fourth-order valence-electron chi connectivity index (χ4n) is 3.81. The smallest absolute Gasteiger partial charge is 0.264 e. The normalized spacial score (nSPS) is 12.1. The topological polar surface area (TPSA) is 66.5 Å². The van der Waals surface area contributed by atoms with Gasteiger partial charge in [0.15, 0.2) is 0 Å². The highest BCUT2D eigenvalue weighted by Gasteiger charge is 2.22. The zero-order valence-corrected chi connectivity index (χ0v) is 20.8. The molecule has 0 aliphatic rings. The largest absolute Gasteiger partial charge is 0.341 e. The number of nitrogens with one attached hydrogen (secondary N) is 1.